The molecule has 4 saturated heterocycles. The molecular formula is C54H79NO14. The molecule has 2 bridgehead atoms. The highest BCUT2D eigenvalue weighted by Gasteiger charge is 2.55. The second-order valence-electron chi connectivity index (χ2n) is 21.1. The zero-order valence-electron chi connectivity index (χ0n) is 43.2. The lowest BCUT2D eigenvalue weighted by Gasteiger charge is -2.51. The van der Waals surface area contributed by atoms with Gasteiger partial charge in [-0.25, -0.2) is 9.59 Å². The van der Waals surface area contributed by atoms with E-state index in [0.717, 1.165) is 0 Å². The average Bonchev–Trinajstić information content (AvgIpc) is 3.30. The van der Waals surface area contributed by atoms with Crippen molar-refractivity contribution in [2.75, 3.05) is 21.2 Å². The minimum Gasteiger partial charge on any atom is -0.457 e. The number of hydrogen-bond donors (Lipinski definition) is 1. The molecule has 4 fully saturated rings. The van der Waals surface area contributed by atoms with Gasteiger partial charge in [-0.2, -0.15) is 0 Å². The molecule has 0 spiro atoms. The first kappa shape index (κ1) is 54.6. The molecule has 4 aliphatic heterocycles. The van der Waals surface area contributed by atoms with Crippen LogP contribution in [0, 0.1) is 23.7 Å². The first-order chi connectivity index (χ1) is 32.4. The van der Waals surface area contributed by atoms with E-state index in [1.54, 1.807) is 76.4 Å². The summed E-state index contributed by atoms with van der Waals surface area (Å²) in [5, 5.41) is 13.2. The van der Waals surface area contributed by atoms with Gasteiger partial charge in [-0.1, -0.05) is 70.7 Å². The molecule has 2 aromatic rings. The Morgan fingerprint density at radius 3 is 1.96 bits per heavy atom. The number of rotatable bonds is 11. The third-order valence-electron chi connectivity index (χ3n) is 14.8. The van der Waals surface area contributed by atoms with Crippen molar-refractivity contribution >= 4 is 17.9 Å². The number of carbonyl (C=O) groups excluding carboxylic acids is 3. The number of ether oxygens (including phenoxy) is 10. The molecule has 1 N–H and O–H groups in total. The highest BCUT2D eigenvalue weighted by molar-refractivity contribution is 5.90. The van der Waals surface area contributed by atoms with E-state index >= 15 is 0 Å². The number of hydrogen-bond acceptors (Lipinski definition) is 15. The smallest absolute Gasteiger partial charge is 0.338 e. The molecule has 69 heavy (non-hydrogen) atoms. The molecule has 0 saturated carbocycles. The predicted octanol–water partition coefficient (Wildman–Crippen LogP) is 7.91. The summed E-state index contributed by atoms with van der Waals surface area (Å²) in [4.78, 5) is 44.0. The van der Waals surface area contributed by atoms with Gasteiger partial charge < -0.3 is 57.4 Å². The molecular weight excluding hydrogens is 887 g/mol. The van der Waals surface area contributed by atoms with E-state index in [9.17, 15) is 19.5 Å². The molecule has 2 unspecified atom stereocenters. The first-order valence-corrected chi connectivity index (χ1v) is 24.7. The Morgan fingerprint density at radius 1 is 0.797 bits per heavy atom. The van der Waals surface area contributed by atoms with Crippen molar-refractivity contribution in [3.05, 3.63) is 83.9 Å². The number of methoxy groups -OCH3 is 1. The lowest BCUT2D eigenvalue weighted by molar-refractivity contribution is -0.329. The normalized spacial score (nSPS) is 40.0. The number of fused-ring (bicyclic) bond motifs is 2. The second-order valence-corrected chi connectivity index (χ2v) is 21.1. The van der Waals surface area contributed by atoms with E-state index in [4.69, 9.17) is 47.4 Å². The Kier molecular flexibility index (Phi) is 17.7. The van der Waals surface area contributed by atoms with E-state index in [-0.39, 0.29) is 36.8 Å². The number of esters is 3. The maximum atomic E-state index is 14.8. The molecule has 4 aliphatic rings. The van der Waals surface area contributed by atoms with E-state index in [2.05, 4.69) is 6.58 Å². The Bertz CT molecular complexity index is 2050. The fraction of sp³-hybridized carbons (Fsp3) is 0.685. The molecule has 384 valence electrons. The van der Waals surface area contributed by atoms with Gasteiger partial charge in [-0.3, -0.25) is 4.79 Å². The maximum Gasteiger partial charge on any atom is 0.338 e. The minimum absolute atomic E-state index is 0.0931. The third-order valence-corrected chi connectivity index (χ3v) is 14.8. The summed E-state index contributed by atoms with van der Waals surface area (Å²) in [5.74, 6) is -5.03. The van der Waals surface area contributed by atoms with Crippen LogP contribution < -0.4 is 0 Å². The molecule has 2 aromatic carbocycles. The van der Waals surface area contributed by atoms with Crippen molar-refractivity contribution in [2.24, 2.45) is 23.7 Å². The van der Waals surface area contributed by atoms with E-state index in [1.165, 1.54) is 0 Å². The van der Waals surface area contributed by atoms with Gasteiger partial charge in [0.15, 0.2) is 30.6 Å². The Hall–Kier alpha value is -3.77. The zero-order chi connectivity index (χ0) is 50.7. The standard InChI is InChI=1S/C54H79NO14/c1-16-40-32(4)44-33(5)42(68-52(9,10)69-44)30(2)28-53(11,59)46(67-51-45(39(55(13)14)27-31(3)61-51)65-49(57)37-23-19-17-20-24-37)34(6)43(35(7)48(56)63-40)64-41-29-54(12,60-15)47(36(8)62-41)66-50(58)38-25-21-18-22-26-38/h17-26,30-31,33-36,39-47,51,59H,4,16,27-29H2,1-3,5-15H3/t30-,31-,33+,34+,35-,36+,39+,40-,41?,42+,43+,44+,45-,46-,47+,51?,53+,54-/m1/s1. The summed E-state index contributed by atoms with van der Waals surface area (Å²) < 4.78 is 65.5. The molecule has 4 heterocycles. The molecule has 0 aliphatic carbocycles. The first-order valence-electron chi connectivity index (χ1n) is 24.7. The second kappa shape index (κ2) is 22.3. The number of likely N-dealkylation sites (N-methyl/N-ethyl adjacent to an activating group) is 1. The fourth-order valence-electron chi connectivity index (χ4n) is 11.1. The lowest BCUT2D eigenvalue weighted by atomic mass is 9.74. The van der Waals surface area contributed by atoms with Gasteiger partial charge in [0.1, 0.15) is 11.7 Å². The quantitative estimate of drug-likeness (QED) is 0.131. The van der Waals surface area contributed by atoms with Crippen LogP contribution in [0.15, 0.2) is 72.8 Å². The van der Waals surface area contributed by atoms with Crippen LogP contribution in [-0.4, -0.2) is 140 Å². The van der Waals surface area contributed by atoms with Gasteiger partial charge in [0, 0.05) is 25.4 Å². The van der Waals surface area contributed by atoms with Crippen LogP contribution in [-0.2, 0) is 52.2 Å². The van der Waals surface area contributed by atoms with Crippen molar-refractivity contribution in [3.8, 4) is 0 Å². The fourth-order valence-corrected chi connectivity index (χ4v) is 11.1. The van der Waals surface area contributed by atoms with Crippen LogP contribution in [0.25, 0.3) is 0 Å². The van der Waals surface area contributed by atoms with Gasteiger partial charge in [-0.05, 0) is 118 Å². The van der Waals surface area contributed by atoms with Crippen molar-refractivity contribution in [1.82, 2.24) is 4.90 Å². The topological polar surface area (TPSA) is 167 Å². The molecule has 15 nitrogen and oxygen atoms in total. The summed E-state index contributed by atoms with van der Waals surface area (Å²) in [6, 6.07) is 17.1. The van der Waals surface area contributed by atoms with Crippen LogP contribution in [0.4, 0.5) is 0 Å². The minimum atomic E-state index is -1.68. The lowest BCUT2D eigenvalue weighted by Crippen LogP contribution is -2.62. The van der Waals surface area contributed by atoms with Gasteiger partial charge in [0.25, 0.3) is 0 Å². The van der Waals surface area contributed by atoms with Gasteiger partial charge >= 0.3 is 17.9 Å². The van der Waals surface area contributed by atoms with E-state index in [1.807, 2.05) is 86.5 Å². The van der Waals surface area contributed by atoms with E-state index in [0.29, 0.717) is 29.5 Å². The monoisotopic (exact) mass is 966 g/mol. The van der Waals surface area contributed by atoms with Crippen LogP contribution in [0.1, 0.15) is 123 Å². The van der Waals surface area contributed by atoms with E-state index < -0.39 is 108 Å². The zero-order valence-corrected chi connectivity index (χ0v) is 43.2. The van der Waals surface area contributed by atoms with Gasteiger partial charge in [0.05, 0.1) is 65.3 Å². The third kappa shape index (κ3) is 12.5. The van der Waals surface area contributed by atoms with Crippen molar-refractivity contribution in [1.29, 1.82) is 0 Å². The van der Waals surface area contributed by atoms with Crippen LogP contribution >= 0.6 is 0 Å². The van der Waals surface area contributed by atoms with Crippen LogP contribution in [0.3, 0.4) is 0 Å². The highest BCUT2D eigenvalue weighted by Crippen LogP contribution is 2.45. The summed E-state index contributed by atoms with van der Waals surface area (Å²) in [7, 11) is 5.37. The number of cyclic esters (lactones) is 1. The summed E-state index contributed by atoms with van der Waals surface area (Å²) in [6.07, 6.45) is -7.73. The molecule has 6 rings (SSSR count). The number of carbonyl (C=O) groups is 3. The van der Waals surface area contributed by atoms with Crippen molar-refractivity contribution in [2.45, 2.75) is 192 Å². The van der Waals surface area contributed by atoms with Crippen LogP contribution in [0.5, 0.6) is 0 Å². The summed E-state index contributed by atoms with van der Waals surface area (Å²) in [5.41, 5.74) is -1.42. The van der Waals surface area contributed by atoms with Crippen molar-refractivity contribution in [3.63, 3.8) is 0 Å². The SMILES string of the molecule is C=C1[C@@H](CC)OC(=O)[C@H](C)[C@@H](OC2C[C@@](C)(OC)[C@@H](OC(=O)c3ccccc3)[C@H](C)O2)[C@H](C)[C@@H](OC2O[C@H](C)C[C@H](N(C)C)[C@H]2OC(=O)c2ccccc2)[C@@](C)(O)C[C@@H](C)[C@@H]2OC(C)(C)O[C@@H]1[C@H]2C. The van der Waals surface area contributed by atoms with Gasteiger partial charge in [-0.15, -0.1) is 0 Å². The molecule has 18 atom stereocenters. The van der Waals surface area contributed by atoms with Crippen LogP contribution in [0.2, 0.25) is 0 Å². The molecule has 0 aromatic heterocycles. The molecule has 0 amide bonds. The number of aliphatic hydroxyl groups is 1. The number of benzene rings is 2. The maximum absolute atomic E-state index is 14.8. The summed E-state index contributed by atoms with van der Waals surface area (Å²) >= 11 is 0. The summed E-state index contributed by atoms with van der Waals surface area (Å²) in [6.45, 7) is 25.0. The number of nitrogens with zero attached hydrogens (tertiary/aromatic N) is 1. The largest absolute Gasteiger partial charge is 0.457 e. The molecule has 15 heteroatoms. The Morgan fingerprint density at radius 2 is 1.39 bits per heavy atom. The Balaban J connectivity index is 1.43. The average molecular weight is 966 g/mol. The highest BCUT2D eigenvalue weighted by atomic mass is 16.7. The molecule has 0 radical (unpaired) electrons. The van der Waals surface area contributed by atoms with Crippen molar-refractivity contribution < 1.29 is 66.9 Å². The van der Waals surface area contributed by atoms with Gasteiger partial charge in [0.2, 0.25) is 0 Å². The Labute approximate surface area is 409 Å². The predicted molar refractivity (Wildman–Crippen MR) is 257 cm³/mol.